The van der Waals surface area contributed by atoms with Crippen molar-refractivity contribution in [3.8, 4) is 5.75 Å². The van der Waals surface area contributed by atoms with E-state index >= 15 is 4.39 Å². The normalized spacial score (nSPS) is 24.4. The summed E-state index contributed by atoms with van der Waals surface area (Å²) in [5.74, 6) is -0.708. The molecule has 186 valence electrons. The maximum Gasteiger partial charge on any atom is 0.188 e. The lowest BCUT2D eigenvalue weighted by Crippen LogP contribution is -2.50. The molecule has 5 rings (SSSR count). The molecule has 0 N–H and O–H groups in total. The average Bonchev–Trinajstić information content (AvgIpc) is 3.36. The summed E-state index contributed by atoms with van der Waals surface area (Å²) < 4.78 is 47.5. The molecule has 0 aromatic heterocycles. The third-order valence-corrected chi connectivity index (χ3v) is 10.3. The van der Waals surface area contributed by atoms with Crippen molar-refractivity contribution in [1.29, 1.82) is 0 Å². The Balaban J connectivity index is 0.000000336. The van der Waals surface area contributed by atoms with Crippen molar-refractivity contribution in [2.75, 3.05) is 26.8 Å². The fourth-order valence-corrected chi connectivity index (χ4v) is 8.22. The largest absolute Gasteiger partial charge is 0.492 e. The highest BCUT2D eigenvalue weighted by Crippen LogP contribution is 2.57. The van der Waals surface area contributed by atoms with Gasteiger partial charge in [0, 0.05) is 24.0 Å². The predicted molar refractivity (Wildman–Crippen MR) is 132 cm³/mol. The molecule has 2 atom stereocenters. The zero-order valence-corrected chi connectivity index (χ0v) is 21.8. The first-order chi connectivity index (χ1) is 16.2. The van der Waals surface area contributed by atoms with Crippen LogP contribution in [0.5, 0.6) is 5.75 Å². The van der Waals surface area contributed by atoms with Gasteiger partial charge in [-0.15, -0.1) is 0 Å². The van der Waals surface area contributed by atoms with E-state index in [9.17, 15) is 8.42 Å². The maximum atomic E-state index is 15.3. The van der Waals surface area contributed by atoms with Crippen molar-refractivity contribution in [2.24, 2.45) is 5.92 Å². The Bertz CT molecular complexity index is 1140. The molecule has 1 saturated heterocycles. The monoisotopic (exact) mass is 529 g/mol. The number of fused-ring (bicyclic) bond motifs is 3. The summed E-state index contributed by atoms with van der Waals surface area (Å²) in [7, 11) is -2.18. The highest BCUT2D eigenvalue weighted by molar-refractivity contribution is 7.92. The van der Waals surface area contributed by atoms with E-state index in [1.54, 1.807) is 26.2 Å². The van der Waals surface area contributed by atoms with Crippen LogP contribution in [0.4, 0.5) is 4.39 Å². The van der Waals surface area contributed by atoms with Crippen LogP contribution in [0, 0.1) is 18.7 Å². The van der Waals surface area contributed by atoms with Gasteiger partial charge in [-0.1, -0.05) is 36.0 Å². The fraction of sp³-hybridized carbons (Fsp3) is 0.520. The van der Waals surface area contributed by atoms with Crippen molar-refractivity contribution >= 4 is 33.0 Å². The molecule has 1 saturated carbocycles. The second kappa shape index (κ2) is 10.3. The van der Waals surface area contributed by atoms with E-state index < -0.39 is 20.4 Å². The van der Waals surface area contributed by atoms with E-state index in [4.69, 9.17) is 32.8 Å². The molecule has 34 heavy (non-hydrogen) atoms. The van der Waals surface area contributed by atoms with Crippen molar-refractivity contribution in [1.82, 2.24) is 5.06 Å². The predicted octanol–water partition coefficient (Wildman–Crippen LogP) is 6.34. The number of hydrogen-bond acceptors (Lipinski definition) is 5. The van der Waals surface area contributed by atoms with Crippen LogP contribution >= 0.6 is 23.2 Å². The third kappa shape index (κ3) is 4.46. The first-order valence-corrected chi connectivity index (χ1v) is 13.9. The summed E-state index contributed by atoms with van der Waals surface area (Å²) in [5.41, 5.74) is 0.740. The summed E-state index contributed by atoms with van der Waals surface area (Å²) >= 11 is 12.1. The van der Waals surface area contributed by atoms with Gasteiger partial charge in [0.25, 0.3) is 0 Å². The molecule has 2 heterocycles. The van der Waals surface area contributed by atoms with Crippen LogP contribution in [0.15, 0.2) is 35.2 Å². The van der Waals surface area contributed by atoms with Gasteiger partial charge in [0.2, 0.25) is 0 Å². The standard InChI is InChI=1S/C20H19Cl2FO3S.C5H11NO/c1-12-10-16(22)18(23)17-19(12)26-11-13-4-2-3-9-20(13,17)27(24,25)15-7-5-14(21)6-8-15;1-7-6-4-2-3-5-6/h5-8,10,13H,2-4,9,11H2,1H3;2-5H2,1H3/t13?,20-;/m0./s1. The Morgan fingerprint density at radius 2 is 1.79 bits per heavy atom. The van der Waals surface area contributed by atoms with Gasteiger partial charge in [0.15, 0.2) is 9.84 Å². The van der Waals surface area contributed by atoms with Crippen molar-refractivity contribution < 1.29 is 22.4 Å². The minimum atomic E-state index is -3.91. The molecule has 0 amide bonds. The van der Waals surface area contributed by atoms with Crippen molar-refractivity contribution in [3.05, 3.63) is 57.3 Å². The van der Waals surface area contributed by atoms with Gasteiger partial charge in [-0.25, -0.2) is 12.8 Å². The van der Waals surface area contributed by atoms with E-state index in [0.717, 1.165) is 19.5 Å². The zero-order chi connectivity index (χ0) is 24.5. The number of hydrogen-bond donors (Lipinski definition) is 0. The molecule has 2 aromatic rings. The van der Waals surface area contributed by atoms with Gasteiger partial charge in [0.05, 0.1) is 29.2 Å². The van der Waals surface area contributed by atoms with E-state index in [1.807, 2.05) is 5.06 Å². The molecule has 2 fully saturated rings. The van der Waals surface area contributed by atoms with Gasteiger partial charge in [-0.2, -0.15) is 5.06 Å². The minimum Gasteiger partial charge on any atom is -0.492 e. The van der Waals surface area contributed by atoms with Crippen LogP contribution in [0.1, 0.15) is 49.7 Å². The van der Waals surface area contributed by atoms with Gasteiger partial charge in [-0.05, 0) is 68.5 Å². The molecule has 0 spiro atoms. The second-order valence-corrected chi connectivity index (χ2v) is 12.2. The number of rotatable bonds is 3. The smallest absolute Gasteiger partial charge is 0.188 e. The summed E-state index contributed by atoms with van der Waals surface area (Å²) in [6.07, 6.45) is 5.20. The fourth-order valence-electron chi connectivity index (χ4n) is 5.43. The lowest BCUT2D eigenvalue weighted by molar-refractivity contribution is -0.112. The molecule has 9 heteroatoms. The zero-order valence-electron chi connectivity index (χ0n) is 19.5. The van der Waals surface area contributed by atoms with Crippen LogP contribution in [0.25, 0.3) is 0 Å². The number of benzene rings is 2. The van der Waals surface area contributed by atoms with E-state index in [0.29, 0.717) is 35.6 Å². The first-order valence-electron chi connectivity index (χ1n) is 11.6. The van der Waals surface area contributed by atoms with Gasteiger partial charge < -0.3 is 9.57 Å². The highest BCUT2D eigenvalue weighted by Gasteiger charge is 2.58. The quantitative estimate of drug-likeness (QED) is 0.464. The Labute approximate surface area is 211 Å². The topological polar surface area (TPSA) is 55.8 Å². The Hall–Kier alpha value is -1.38. The Morgan fingerprint density at radius 1 is 1.12 bits per heavy atom. The van der Waals surface area contributed by atoms with Crippen LogP contribution in [0.2, 0.25) is 10.0 Å². The van der Waals surface area contributed by atoms with E-state index in [1.165, 1.54) is 31.0 Å². The molecule has 1 unspecified atom stereocenters. The summed E-state index contributed by atoms with van der Waals surface area (Å²) in [6, 6.07) is 7.55. The SMILES string of the molecule is CON1CCCC1.Cc1cc(Cl)c(F)c2c1OCC1CCCC[C@@]21S(=O)(=O)c1ccc(Cl)cc1. The molecular formula is C25H30Cl2FNO4S. The van der Waals surface area contributed by atoms with Crippen LogP contribution < -0.4 is 4.74 Å². The van der Waals surface area contributed by atoms with Gasteiger partial charge in [-0.3, -0.25) is 0 Å². The molecular weight excluding hydrogens is 500 g/mol. The number of halogens is 3. The number of aryl methyl sites for hydroxylation is 1. The van der Waals surface area contributed by atoms with Gasteiger partial charge in [0.1, 0.15) is 16.3 Å². The Kier molecular flexibility index (Phi) is 7.80. The molecule has 0 radical (unpaired) electrons. The lowest BCUT2D eigenvalue weighted by Gasteiger charge is -2.47. The van der Waals surface area contributed by atoms with Gasteiger partial charge >= 0.3 is 0 Å². The molecule has 1 aliphatic carbocycles. The lowest BCUT2D eigenvalue weighted by atomic mass is 9.72. The molecule has 2 aliphatic heterocycles. The third-order valence-electron chi connectivity index (χ3n) is 7.15. The van der Waals surface area contributed by atoms with Crippen LogP contribution in [-0.4, -0.2) is 40.3 Å². The van der Waals surface area contributed by atoms with Crippen LogP contribution in [-0.2, 0) is 19.4 Å². The summed E-state index contributed by atoms with van der Waals surface area (Å²) in [4.78, 5) is 5.09. The number of ether oxygens (including phenoxy) is 1. The van der Waals surface area contributed by atoms with Crippen LogP contribution in [0.3, 0.4) is 0 Å². The van der Waals surface area contributed by atoms with E-state index in [2.05, 4.69) is 0 Å². The second-order valence-electron chi connectivity index (χ2n) is 9.11. The Morgan fingerprint density at radius 3 is 2.41 bits per heavy atom. The molecule has 3 aliphatic rings. The summed E-state index contributed by atoms with van der Waals surface area (Å²) in [6.45, 7) is 4.25. The molecule has 0 bridgehead atoms. The number of nitrogens with zero attached hydrogens (tertiary/aromatic N) is 1. The molecule has 5 nitrogen and oxygen atoms in total. The van der Waals surface area contributed by atoms with Crippen molar-refractivity contribution in [2.45, 2.75) is 55.1 Å². The molecule has 2 aromatic carbocycles. The highest BCUT2D eigenvalue weighted by atomic mass is 35.5. The average molecular weight is 530 g/mol. The maximum absolute atomic E-state index is 15.3. The number of sulfone groups is 1. The van der Waals surface area contributed by atoms with Crippen molar-refractivity contribution in [3.63, 3.8) is 0 Å². The summed E-state index contributed by atoms with van der Waals surface area (Å²) in [5, 5.41) is 2.36. The first kappa shape index (κ1) is 25.7. The number of hydroxylamine groups is 2. The minimum absolute atomic E-state index is 0.0771. The van der Waals surface area contributed by atoms with E-state index in [-0.39, 0.29) is 28.0 Å².